The first-order chi connectivity index (χ1) is 9.65. The predicted octanol–water partition coefficient (Wildman–Crippen LogP) is 0.711. The lowest BCUT2D eigenvalue weighted by atomic mass is 10.2. The third kappa shape index (κ3) is 6.17. The van der Waals surface area contributed by atoms with Gasteiger partial charge >= 0.3 is 0 Å². The minimum atomic E-state index is 0.271. The molecule has 0 aliphatic carbocycles. The van der Waals surface area contributed by atoms with Gasteiger partial charge in [0.15, 0.2) is 0 Å². The largest absolute Gasteiger partial charge is 0.508 e. The molecule has 20 heavy (non-hydrogen) atoms. The lowest BCUT2D eigenvalue weighted by Crippen LogP contribution is -2.20. The summed E-state index contributed by atoms with van der Waals surface area (Å²) in [6, 6.07) is 13.9. The first-order valence-electron chi connectivity index (χ1n) is 6.08. The summed E-state index contributed by atoms with van der Waals surface area (Å²) in [5.41, 5.74) is 6.95. The van der Waals surface area contributed by atoms with E-state index in [2.05, 4.69) is 10.9 Å². The summed E-state index contributed by atoms with van der Waals surface area (Å²) in [4.78, 5) is 0. The predicted molar refractivity (Wildman–Crippen MR) is 78.3 cm³/mol. The van der Waals surface area contributed by atoms with Gasteiger partial charge in [-0.15, -0.1) is 0 Å². The second-order valence-electron chi connectivity index (χ2n) is 4.10. The van der Waals surface area contributed by atoms with E-state index in [1.54, 1.807) is 36.4 Å². The van der Waals surface area contributed by atoms with Gasteiger partial charge in [-0.05, 0) is 35.4 Å². The van der Waals surface area contributed by atoms with Gasteiger partial charge in [0, 0.05) is 13.1 Å². The van der Waals surface area contributed by atoms with E-state index in [0.717, 1.165) is 11.1 Å². The van der Waals surface area contributed by atoms with E-state index in [9.17, 15) is 0 Å². The lowest BCUT2D eigenvalue weighted by Gasteiger charge is -1.98. The fraction of sp³-hybridized carbons (Fsp3) is 0.143. The molecule has 8 N–H and O–H groups in total. The molecule has 0 bridgehead atoms. The Kier molecular flexibility index (Phi) is 7.08. The van der Waals surface area contributed by atoms with E-state index in [4.69, 9.17) is 21.9 Å². The van der Waals surface area contributed by atoms with Crippen molar-refractivity contribution in [3.63, 3.8) is 0 Å². The maximum atomic E-state index is 8.97. The highest BCUT2D eigenvalue weighted by molar-refractivity contribution is 5.27. The molecule has 0 amide bonds. The van der Waals surface area contributed by atoms with Crippen LogP contribution in [0.5, 0.6) is 11.5 Å². The molecule has 0 radical (unpaired) electrons. The highest BCUT2D eigenvalue weighted by Crippen LogP contribution is 2.10. The van der Waals surface area contributed by atoms with Gasteiger partial charge in [-0.2, -0.15) is 0 Å². The number of phenolic OH excluding ortho intramolecular Hbond substituents is 2. The molecule has 0 saturated heterocycles. The Balaban J connectivity index is 0.000000200. The number of hydrazine groups is 2. The van der Waals surface area contributed by atoms with Crippen molar-refractivity contribution in [3.05, 3.63) is 59.7 Å². The van der Waals surface area contributed by atoms with E-state index >= 15 is 0 Å². The third-order valence-corrected chi connectivity index (χ3v) is 2.43. The summed E-state index contributed by atoms with van der Waals surface area (Å²) in [5, 5.41) is 17.9. The second kappa shape index (κ2) is 8.89. The number of hydrogen-bond donors (Lipinski definition) is 6. The van der Waals surface area contributed by atoms with Crippen molar-refractivity contribution in [1.29, 1.82) is 0 Å². The first-order valence-corrected chi connectivity index (χ1v) is 6.08. The monoisotopic (exact) mass is 276 g/mol. The van der Waals surface area contributed by atoms with Gasteiger partial charge in [0.05, 0.1) is 0 Å². The van der Waals surface area contributed by atoms with Crippen LogP contribution in [-0.2, 0) is 13.1 Å². The Morgan fingerprint density at radius 1 is 0.750 bits per heavy atom. The minimum Gasteiger partial charge on any atom is -0.508 e. The number of benzene rings is 2. The van der Waals surface area contributed by atoms with Crippen LogP contribution in [-0.4, -0.2) is 10.2 Å². The van der Waals surface area contributed by atoms with Gasteiger partial charge < -0.3 is 10.2 Å². The first kappa shape index (κ1) is 15.9. The smallest absolute Gasteiger partial charge is 0.115 e. The fourth-order valence-electron chi connectivity index (χ4n) is 1.57. The van der Waals surface area contributed by atoms with Crippen LogP contribution in [0.15, 0.2) is 48.5 Å². The Morgan fingerprint density at radius 3 is 1.45 bits per heavy atom. The number of phenols is 2. The van der Waals surface area contributed by atoms with Crippen molar-refractivity contribution in [2.24, 2.45) is 11.7 Å². The molecule has 0 aromatic heterocycles. The third-order valence-electron chi connectivity index (χ3n) is 2.43. The topological polar surface area (TPSA) is 117 Å². The summed E-state index contributed by atoms with van der Waals surface area (Å²) < 4.78 is 0. The van der Waals surface area contributed by atoms with Crippen LogP contribution in [0.3, 0.4) is 0 Å². The van der Waals surface area contributed by atoms with Crippen molar-refractivity contribution < 1.29 is 10.2 Å². The van der Waals surface area contributed by atoms with E-state index in [0.29, 0.717) is 13.1 Å². The van der Waals surface area contributed by atoms with E-state index in [-0.39, 0.29) is 11.5 Å². The maximum absolute atomic E-state index is 8.97. The number of nitrogens with one attached hydrogen (secondary N) is 2. The van der Waals surface area contributed by atoms with Crippen LogP contribution in [0.25, 0.3) is 0 Å². The number of rotatable bonds is 4. The average molecular weight is 276 g/mol. The summed E-state index contributed by atoms with van der Waals surface area (Å²) in [6.45, 7) is 1.16. The molecule has 0 saturated carbocycles. The molecule has 0 spiro atoms. The molecule has 0 aliphatic heterocycles. The number of nitrogens with two attached hydrogens (primary N) is 2. The highest BCUT2D eigenvalue weighted by atomic mass is 16.3. The highest BCUT2D eigenvalue weighted by Gasteiger charge is 1.91. The van der Waals surface area contributed by atoms with Crippen LogP contribution in [0.1, 0.15) is 11.1 Å². The van der Waals surface area contributed by atoms with Gasteiger partial charge in [0.2, 0.25) is 0 Å². The van der Waals surface area contributed by atoms with Gasteiger partial charge in [0.25, 0.3) is 0 Å². The summed E-state index contributed by atoms with van der Waals surface area (Å²) in [6.07, 6.45) is 0. The summed E-state index contributed by atoms with van der Waals surface area (Å²) in [5.74, 6) is 10.7. The zero-order chi connectivity index (χ0) is 14.8. The van der Waals surface area contributed by atoms with Crippen molar-refractivity contribution in [2.45, 2.75) is 13.1 Å². The molecule has 2 aromatic rings. The van der Waals surface area contributed by atoms with Crippen LogP contribution < -0.4 is 22.5 Å². The lowest BCUT2D eigenvalue weighted by molar-refractivity contribution is 0.473. The number of aromatic hydroxyl groups is 2. The molecule has 6 heteroatoms. The molecule has 6 nitrogen and oxygen atoms in total. The zero-order valence-corrected chi connectivity index (χ0v) is 11.1. The maximum Gasteiger partial charge on any atom is 0.115 e. The molecule has 108 valence electrons. The summed E-state index contributed by atoms with van der Waals surface area (Å²) >= 11 is 0. The quantitative estimate of drug-likeness (QED) is 0.362. The summed E-state index contributed by atoms with van der Waals surface area (Å²) in [7, 11) is 0. The van der Waals surface area contributed by atoms with Crippen LogP contribution in [0, 0.1) is 0 Å². The Labute approximate surface area is 118 Å². The molecule has 0 atom stereocenters. The van der Waals surface area contributed by atoms with Gasteiger partial charge in [0.1, 0.15) is 11.5 Å². The standard InChI is InChI=1S/2C7H10N2O/c2*8-9-5-6-2-1-3-7(10)4-6/h2*1-4,9-10H,5,8H2. The molecule has 2 aromatic carbocycles. The molecule has 0 fully saturated rings. The van der Waals surface area contributed by atoms with Crippen LogP contribution in [0.2, 0.25) is 0 Å². The second-order valence-corrected chi connectivity index (χ2v) is 4.10. The van der Waals surface area contributed by atoms with Crippen LogP contribution in [0.4, 0.5) is 0 Å². The van der Waals surface area contributed by atoms with E-state index in [1.807, 2.05) is 12.1 Å². The van der Waals surface area contributed by atoms with Gasteiger partial charge in [-0.1, -0.05) is 24.3 Å². The normalized spacial score (nSPS) is 9.70. The van der Waals surface area contributed by atoms with Crippen LogP contribution >= 0.6 is 0 Å². The molecule has 2 rings (SSSR count). The Bertz CT molecular complexity index is 473. The molecule has 0 heterocycles. The number of hydrogen-bond acceptors (Lipinski definition) is 6. The zero-order valence-electron chi connectivity index (χ0n) is 11.1. The van der Waals surface area contributed by atoms with Gasteiger partial charge in [-0.3, -0.25) is 22.5 Å². The van der Waals surface area contributed by atoms with Crippen molar-refractivity contribution >= 4 is 0 Å². The Morgan fingerprint density at radius 2 is 1.15 bits per heavy atom. The molecule has 0 aliphatic rings. The van der Waals surface area contributed by atoms with Gasteiger partial charge in [-0.25, -0.2) is 0 Å². The van der Waals surface area contributed by atoms with Crippen molar-refractivity contribution in [1.82, 2.24) is 10.9 Å². The minimum absolute atomic E-state index is 0.271. The fourth-order valence-corrected chi connectivity index (χ4v) is 1.57. The van der Waals surface area contributed by atoms with E-state index < -0.39 is 0 Å². The SMILES string of the molecule is NNCc1cccc(O)c1.NNCc1cccc(O)c1. The molecule has 0 unspecified atom stereocenters. The molecular weight excluding hydrogens is 256 g/mol. The van der Waals surface area contributed by atoms with Crippen molar-refractivity contribution in [3.8, 4) is 11.5 Å². The molecular formula is C14H20N4O2. The average Bonchev–Trinajstić information content (AvgIpc) is 2.40. The van der Waals surface area contributed by atoms with E-state index in [1.165, 1.54) is 0 Å². The van der Waals surface area contributed by atoms with Crippen molar-refractivity contribution in [2.75, 3.05) is 0 Å². The Hall–Kier alpha value is -2.12.